The molecule has 1 aromatic carbocycles. The van der Waals surface area contributed by atoms with E-state index in [2.05, 4.69) is 0 Å². The van der Waals surface area contributed by atoms with Gasteiger partial charge in [-0.1, -0.05) is 6.92 Å². The molecular formula is C12H18N2O4S. The van der Waals surface area contributed by atoms with Crippen LogP contribution in [0.25, 0.3) is 0 Å². The molecule has 106 valence electrons. The highest BCUT2D eigenvalue weighted by Crippen LogP contribution is 2.26. The van der Waals surface area contributed by atoms with Gasteiger partial charge < -0.3 is 10.5 Å². The van der Waals surface area contributed by atoms with E-state index in [4.69, 9.17) is 15.6 Å². The van der Waals surface area contributed by atoms with Crippen LogP contribution in [-0.2, 0) is 14.8 Å². The molecule has 0 fully saturated rings. The molecule has 0 saturated heterocycles. The first kappa shape index (κ1) is 15.5. The van der Waals surface area contributed by atoms with E-state index in [0.717, 1.165) is 0 Å². The summed E-state index contributed by atoms with van der Waals surface area (Å²) >= 11 is 0. The van der Waals surface area contributed by atoms with Gasteiger partial charge in [-0.25, -0.2) is 13.6 Å². The molecule has 1 unspecified atom stereocenters. The van der Waals surface area contributed by atoms with Gasteiger partial charge in [0.05, 0.1) is 4.90 Å². The quantitative estimate of drug-likeness (QED) is 0.824. The predicted molar refractivity (Wildman–Crippen MR) is 71.2 cm³/mol. The number of hydrogen-bond acceptors (Lipinski definition) is 4. The lowest BCUT2D eigenvalue weighted by Gasteiger charge is -2.17. The Morgan fingerprint density at radius 3 is 2.32 bits per heavy atom. The Balaban J connectivity index is 3.20. The SMILES string of the molecule is CCC(Oc1cc(C)c(S(N)(=O)=O)cc1C)C(N)=O. The fourth-order valence-corrected chi connectivity index (χ4v) is 2.54. The van der Waals surface area contributed by atoms with Gasteiger partial charge >= 0.3 is 0 Å². The molecule has 19 heavy (non-hydrogen) atoms. The number of rotatable bonds is 5. The number of amides is 1. The minimum Gasteiger partial charge on any atom is -0.480 e. The summed E-state index contributed by atoms with van der Waals surface area (Å²) in [6.07, 6.45) is -0.302. The minimum atomic E-state index is -3.77. The molecule has 0 aliphatic carbocycles. The molecule has 7 heteroatoms. The normalized spacial score (nSPS) is 13.1. The first-order valence-electron chi connectivity index (χ1n) is 5.76. The lowest BCUT2D eigenvalue weighted by molar-refractivity contribution is -0.124. The zero-order chi connectivity index (χ0) is 14.8. The van der Waals surface area contributed by atoms with Crippen LogP contribution in [0, 0.1) is 13.8 Å². The van der Waals surface area contributed by atoms with Crippen molar-refractivity contribution in [1.29, 1.82) is 0 Å². The largest absolute Gasteiger partial charge is 0.480 e. The van der Waals surface area contributed by atoms with Crippen LogP contribution in [0.4, 0.5) is 0 Å². The second-order valence-electron chi connectivity index (χ2n) is 4.35. The molecule has 0 saturated carbocycles. The van der Waals surface area contributed by atoms with Gasteiger partial charge in [-0.15, -0.1) is 0 Å². The number of primary sulfonamides is 1. The van der Waals surface area contributed by atoms with Crippen LogP contribution in [0.5, 0.6) is 5.75 Å². The number of aryl methyl sites for hydroxylation is 2. The molecule has 4 N–H and O–H groups in total. The average Bonchev–Trinajstić information content (AvgIpc) is 2.27. The topological polar surface area (TPSA) is 112 Å². The maximum absolute atomic E-state index is 11.4. The number of ether oxygens (including phenoxy) is 1. The fraction of sp³-hybridized carbons (Fsp3) is 0.417. The van der Waals surface area contributed by atoms with Crippen molar-refractivity contribution in [1.82, 2.24) is 0 Å². The summed E-state index contributed by atoms with van der Waals surface area (Å²) in [7, 11) is -3.77. The monoisotopic (exact) mass is 286 g/mol. The molecular weight excluding hydrogens is 268 g/mol. The van der Waals surface area contributed by atoms with Crippen molar-refractivity contribution in [2.75, 3.05) is 0 Å². The molecule has 1 atom stereocenters. The Morgan fingerprint density at radius 2 is 1.89 bits per heavy atom. The molecule has 0 spiro atoms. The molecule has 0 radical (unpaired) electrons. The fourth-order valence-electron chi connectivity index (χ4n) is 1.69. The van der Waals surface area contributed by atoms with Crippen molar-refractivity contribution in [2.24, 2.45) is 10.9 Å². The standard InChI is InChI=1S/C12H18N2O4S/c1-4-9(12(13)15)18-10-5-8(3)11(6-7(10)2)19(14,16)17/h5-6,9H,4H2,1-3H3,(H2,13,15)(H2,14,16,17). The van der Waals surface area contributed by atoms with E-state index in [0.29, 0.717) is 23.3 Å². The maximum atomic E-state index is 11.4. The van der Waals surface area contributed by atoms with E-state index in [-0.39, 0.29) is 4.90 Å². The smallest absolute Gasteiger partial charge is 0.258 e. The summed E-state index contributed by atoms with van der Waals surface area (Å²) in [5.41, 5.74) is 6.24. The third-order valence-electron chi connectivity index (χ3n) is 2.74. The lowest BCUT2D eigenvalue weighted by atomic mass is 10.1. The zero-order valence-corrected chi connectivity index (χ0v) is 12.0. The number of benzene rings is 1. The van der Waals surface area contributed by atoms with E-state index < -0.39 is 22.0 Å². The van der Waals surface area contributed by atoms with Crippen LogP contribution < -0.4 is 15.6 Å². The number of nitrogens with two attached hydrogens (primary N) is 2. The number of carbonyl (C=O) groups excluding carboxylic acids is 1. The Hall–Kier alpha value is -1.60. The van der Waals surface area contributed by atoms with Crippen molar-refractivity contribution in [3.8, 4) is 5.75 Å². The molecule has 6 nitrogen and oxygen atoms in total. The lowest BCUT2D eigenvalue weighted by Crippen LogP contribution is -2.33. The number of carbonyl (C=O) groups is 1. The molecule has 0 heterocycles. The molecule has 1 aromatic rings. The van der Waals surface area contributed by atoms with Crippen LogP contribution in [0.2, 0.25) is 0 Å². The first-order chi connectivity index (χ1) is 8.66. The van der Waals surface area contributed by atoms with Crippen LogP contribution in [0.1, 0.15) is 24.5 Å². The van der Waals surface area contributed by atoms with Crippen LogP contribution in [0.15, 0.2) is 17.0 Å². The van der Waals surface area contributed by atoms with E-state index in [1.54, 1.807) is 26.8 Å². The summed E-state index contributed by atoms with van der Waals surface area (Å²) < 4.78 is 28.2. The van der Waals surface area contributed by atoms with Crippen LogP contribution >= 0.6 is 0 Å². The van der Waals surface area contributed by atoms with Crippen molar-refractivity contribution < 1.29 is 17.9 Å². The van der Waals surface area contributed by atoms with E-state index >= 15 is 0 Å². The van der Waals surface area contributed by atoms with Gasteiger partial charge in [-0.3, -0.25) is 4.79 Å². The Labute approximate surface area is 112 Å². The molecule has 0 bridgehead atoms. The van der Waals surface area contributed by atoms with Gasteiger partial charge in [0.1, 0.15) is 5.75 Å². The summed E-state index contributed by atoms with van der Waals surface area (Å²) in [5.74, 6) is -0.134. The molecule has 0 aliphatic rings. The van der Waals surface area contributed by atoms with Gasteiger partial charge in [-0.2, -0.15) is 0 Å². The minimum absolute atomic E-state index is 0.0458. The molecule has 1 rings (SSSR count). The summed E-state index contributed by atoms with van der Waals surface area (Å²) in [6, 6.07) is 2.97. The Kier molecular flexibility index (Phi) is 4.54. The Morgan fingerprint density at radius 1 is 1.32 bits per heavy atom. The number of primary amides is 1. The van der Waals surface area contributed by atoms with Crippen molar-refractivity contribution >= 4 is 15.9 Å². The van der Waals surface area contributed by atoms with E-state index in [1.807, 2.05) is 0 Å². The third kappa shape index (κ3) is 3.68. The van der Waals surface area contributed by atoms with Crippen molar-refractivity contribution in [3.63, 3.8) is 0 Å². The van der Waals surface area contributed by atoms with Crippen molar-refractivity contribution in [3.05, 3.63) is 23.3 Å². The van der Waals surface area contributed by atoms with E-state index in [9.17, 15) is 13.2 Å². The molecule has 0 aromatic heterocycles. The highest BCUT2D eigenvalue weighted by atomic mass is 32.2. The summed E-state index contributed by atoms with van der Waals surface area (Å²) in [5, 5.41) is 5.11. The van der Waals surface area contributed by atoms with Gasteiger partial charge in [-0.05, 0) is 43.5 Å². The van der Waals surface area contributed by atoms with Gasteiger partial charge in [0.25, 0.3) is 5.91 Å². The van der Waals surface area contributed by atoms with Crippen LogP contribution in [0.3, 0.4) is 0 Å². The number of hydrogen-bond donors (Lipinski definition) is 2. The molecule has 0 aliphatic heterocycles. The highest BCUT2D eigenvalue weighted by Gasteiger charge is 2.19. The van der Waals surface area contributed by atoms with Gasteiger partial charge in [0.2, 0.25) is 10.0 Å². The zero-order valence-electron chi connectivity index (χ0n) is 11.1. The average molecular weight is 286 g/mol. The Bertz CT molecular complexity index is 596. The van der Waals surface area contributed by atoms with Crippen molar-refractivity contribution in [2.45, 2.75) is 38.2 Å². The number of sulfonamides is 1. The third-order valence-corrected chi connectivity index (χ3v) is 3.79. The van der Waals surface area contributed by atoms with Crippen LogP contribution in [-0.4, -0.2) is 20.4 Å². The van der Waals surface area contributed by atoms with Gasteiger partial charge in [0, 0.05) is 0 Å². The highest BCUT2D eigenvalue weighted by molar-refractivity contribution is 7.89. The molecule has 1 amide bonds. The first-order valence-corrected chi connectivity index (χ1v) is 7.31. The van der Waals surface area contributed by atoms with Gasteiger partial charge in [0.15, 0.2) is 6.10 Å². The maximum Gasteiger partial charge on any atom is 0.258 e. The predicted octanol–water partition coefficient (Wildman–Crippen LogP) is 0.594. The summed E-state index contributed by atoms with van der Waals surface area (Å²) in [6.45, 7) is 5.06. The second-order valence-corrected chi connectivity index (χ2v) is 5.88. The summed E-state index contributed by atoms with van der Waals surface area (Å²) in [4.78, 5) is 11.2. The second kappa shape index (κ2) is 5.58. The van der Waals surface area contributed by atoms with E-state index in [1.165, 1.54) is 6.07 Å².